The van der Waals surface area contributed by atoms with Crippen LogP contribution in [0.5, 0.6) is 0 Å². The Bertz CT molecular complexity index is 2430. The molecule has 3 heterocycles. The van der Waals surface area contributed by atoms with Crippen LogP contribution in [-0.2, 0) is 0 Å². The van der Waals surface area contributed by atoms with E-state index in [0.717, 1.165) is 27.8 Å². The minimum absolute atomic E-state index is 0.666. The number of hydrogen-bond donors (Lipinski definition) is 0. The second kappa shape index (κ2) is 10.5. The fourth-order valence-corrected chi connectivity index (χ4v) is 6.47. The third-order valence-electron chi connectivity index (χ3n) is 8.38. The molecule has 9 rings (SSSR count). The number of rotatable bonds is 3. The lowest BCUT2D eigenvalue weighted by molar-refractivity contribution is 0.990. The van der Waals surface area contributed by atoms with Gasteiger partial charge in [0.15, 0.2) is 0 Å². The first-order chi connectivity index (χ1) is 21.8. The molecule has 0 N–H and O–H groups in total. The van der Waals surface area contributed by atoms with E-state index in [1.807, 2.05) is 44.4 Å². The molecule has 4 nitrogen and oxygen atoms in total. The van der Waals surface area contributed by atoms with Crippen LogP contribution >= 0.6 is 0 Å². The van der Waals surface area contributed by atoms with Crippen LogP contribution in [0.2, 0.25) is 0 Å². The van der Waals surface area contributed by atoms with Crippen LogP contribution in [0.3, 0.4) is 0 Å². The molecule has 0 atom stereocenters. The molecule has 0 radical (unpaired) electrons. The molecule has 0 saturated heterocycles. The van der Waals surface area contributed by atoms with E-state index in [4.69, 9.17) is 9.97 Å². The minimum atomic E-state index is 0.666. The number of fused-ring (bicyclic) bond motifs is 7. The predicted octanol–water partition coefficient (Wildman–Crippen LogP) is 10.5. The molecule has 0 unspecified atom stereocenters. The van der Waals surface area contributed by atoms with Crippen molar-refractivity contribution in [3.05, 3.63) is 146 Å². The standard InChI is InChI=1S/C38H24N4.C2H6/c1-3-11-25(12-4-1)28-23-39-38(40-24-28)42-35-18-10-8-16-31(35)33-20-26-19-32-30-15-7-9-17-34(30)41(29-13-5-2-6-14-29)36(32)21-27(26)22-37(33)42;1-2/h1-24H;1-2H3. The molecule has 3 aromatic heterocycles. The molecule has 0 saturated carbocycles. The van der Waals surface area contributed by atoms with Crippen LogP contribution in [-0.4, -0.2) is 19.1 Å². The van der Waals surface area contributed by atoms with Crippen molar-refractivity contribution in [3.63, 3.8) is 0 Å². The summed E-state index contributed by atoms with van der Waals surface area (Å²) >= 11 is 0. The number of hydrogen-bond acceptors (Lipinski definition) is 2. The molecule has 4 heteroatoms. The van der Waals surface area contributed by atoms with Gasteiger partial charge in [0.1, 0.15) is 0 Å². The topological polar surface area (TPSA) is 35.6 Å². The molecule has 210 valence electrons. The summed E-state index contributed by atoms with van der Waals surface area (Å²) in [6, 6.07) is 47.4. The maximum absolute atomic E-state index is 4.86. The van der Waals surface area contributed by atoms with E-state index in [9.17, 15) is 0 Å². The minimum Gasteiger partial charge on any atom is -0.309 e. The fourth-order valence-electron chi connectivity index (χ4n) is 6.47. The van der Waals surface area contributed by atoms with Crippen LogP contribution in [0.25, 0.3) is 77.1 Å². The highest BCUT2D eigenvalue weighted by atomic mass is 15.1. The molecular weight excluding hydrogens is 536 g/mol. The average Bonchev–Trinajstić information content (AvgIpc) is 3.60. The Labute approximate surface area is 255 Å². The van der Waals surface area contributed by atoms with Gasteiger partial charge in [-0.2, -0.15) is 0 Å². The zero-order valence-corrected chi connectivity index (χ0v) is 24.6. The molecule has 44 heavy (non-hydrogen) atoms. The van der Waals surface area contributed by atoms with Crippen LogP contribution in [0.4, 0.5) is 0 Å². The Morgan fingerprint density at radius 3 is 1.50 bits per heavy atom. The van der Waals surface area contributed by atoms with Crippen molar-refractivity contribution in [2.75, 3.05) is 0 Å². The van der Waals surface area contributed by atoms with Crippen molar-refractivity contribution in [1.82, 2.24) is 19.1 Å². The summed E-state index contributed by atoms with van der Waals surface area (Å²) in [5, 5.41) is 7.30. The molecule has 0 spiro atoms. The van der Waals surface area contributed by atoms with Gasteiger partial charge in [0.25, 0.3) is 0 Å². The molecule has 0 amide bonds. The number of nitrogens with zero attached hydrogens (tertiary/aromatic N) is 4. The maximum Gasteiger partial charge on any atom is 0.234 e. The van der Waals surface area contributed by atoms with Gasteiger partial charge in [-0.15, -0.1) is 0 Å². The SMILES string of the molecule is CC.c1ccc(-c2cnc(-n3c4ccccc4c4cc5cc6c7ccccc7n(-c7ccccc7)c6cc5cc43)nc2)cc1. The van der Waals surface area contributed by atoms with E-state index in [1.54, 1.807) is 0 Å². The zero-order valence-electron chi connectivity index (χ0n) is 24.6. The lowest BCUT2D eigenvalue weighted by Gasteiger charge is -2.09. The highest BCUT2D eigenvalue weighted by molar-refractivity contribution is 6.18. The van der Waals surface area contributed by atoms with E-state index in [2.05, 4.69) is 124 Å². The lowest BCUT2D eigenvalue weighted by atomic mass is 10.0. The Morgan fingerprint density at radius 2 is 0.886 bits per heavy atom. The van der Waals surface area contributed by atoms with Gasteiger partial charge < -0.3 is 4.57 Å². The summed E-state index contributed by atoms with van der Waals surface area (Å²) in [5.74, 6) is 0.666. The van der Waals surface area contributed by atoms with E-state index in [0.29, 0.717) is 5.95 Å². The third-order valence-corrected chi connectivity index (χ3v) is 8.38. The molecule has 0 aliphatic rings. The summed E-state index contributed by atoms with van der Waals surface area (Å²) < 4.78 is 4.56. The van der Waals surface area contributed by atoms with Gasteiger partial charge in [0.2, 0.25) is 5.95 Å². The van der Waals surface area contributed by atoms with Gasteiger partial charge >= 0.3 is 0 Å². The second-order valence-corrected chi connectivity index (χ2v) is 10.8. The first-order valence-electron chi connectivity index (χ1n) is 15.2. The lowest BCUT2D eigenvalue weighted by Crippen LogP contribution is -2.00. The number of benzene rings is 6. The first-order valence-corrected chi connectivity index (χ1v) is 15.2. The van der Waals surface area contributed by atoms with E-state index < -0.39 is 0 Å². The fraction of sp³-hybridized carbons (Fsp3) is 0.0500. The van der Waals surface area contributed by atoms with Crippen molar-refractivity contribution >= 4 is 54.4 Å². The quantitative estimate of drug-likeness (QED) is 0.213. The Kier molecular flexibility index (Phi) is 6.20. The number of para-hydroxylation sites is 3. The summed E-state index contributed by atoms with van der Waals surface area (Å²) in [6.45, 7) is 4.00. The highest BCUT2D eigenvalue weighted by Gasteiger charge is 2.17. The normalized spacial score (nSPS) is 11.4. The maximum atomic E-state index is 4.86. The van der Waals surface area contributed by atoms with Gasteiger partial charge in [0.05, 0.1) is 22.1 Å². The van der Waals surface area contributed by atoms with E-state index in [1.165, 1.54) is 43.4 Å². The molecule has 0 bridgehead atoms. The smallest absolute Gasteiger partial charge is 0.234 e. The van der Waals surface area contributed by atoms with Crippen LogP contribution in [0.15, 0.2) is 146 Å². The largest absolute Gasteiger partial charge is 0.309 e. The van der Waals surface area contributed by atoms with Crippen LogP contribution in [0.1, 0.15) is 13.8 Å². The van der Waals surface area contributed by atoms with Gasteiger partial charge in [-0.3, -0.25) is 4.57 Å². The van der Waals surface area contributed by atoms with Gasteiger partial charge in [0, 0.05) is 45.2 Å². The van der Waals surface area contributed by atoms with Crippen molar-refractivity contribution in [2.24, 2.45) is 0 Å². The molecule has 0 aliphatic heterocycles. The molecule has 9 aromatic rings. The summed E-state index contributed by atoms with van der Waals surface area (Å²) in [6.07, 6.45) is 3.84. The van der Waals surface area contributed by atoms with E-state index in [-0.39, 0.29) is 0 Å². The van der Waals surface area contributed by atoms with Crippen molar-refractivity contribution in [3.8, 4) is 22.8 Å². The van der Waals surface area contributed by atoms with Gasteiger partial charge in [-0.05, 0) is 64.9 Å². The predicted molar refractivity (Wildman–Crippen MR) is 185 cm³/mol. The monoisotopic (exact) mass is 566 g/mol. The number of aromatic nitrogens is 4. The second-order valence-electron chi connectivity index (χ2n) is 10.8. The van der Waals surface area contributed by atoms with Crippen LogP contribution < -0.4 is 0 Å². The molecule has 6 aromatic carbocycles. The summed E-state index contributed by atoms with van der Waals surface area (Å²) in [4.78, 5) is 9.72. The average molecular weight is 567 g/mol. The summed E-state index contributed by atoms with van der Waals surface area (Å²) in [7, 11) is 0. The first kappa shape index (κ1) is 25.9. The zero-order chi connectivity index (χ0) is 29.6. The third kappa shape index (κ3) is 3.99. The van der Waals surface area contributed by atoms with Crippen molar-refractivity contribution in [2.45, 2.75) is 13.8 Å². The van der Waals surface area contributed by atoms with Gasteiger partial charge in [-0.1, -0.05) is 98.8 Å². The Balaban J connectivity index is 0.00000142. The Morgan fingerprint density at radius 1 is 0.409 bits per heavy atom. The summed E-state index contributed by atoms with van der Waals surface area (Å²) in [5.41, 5.74) is 7.86. The molecular formula is C40H30N4. The van der Waals surface area contributed by atoms with Gasteiger partial charge in [-0.25, -0.2) is 9.97 Å². The van der Waals surface area contributed by atoms with Crippen molar-refractivity contribution < 1.29 is 0 Å². The molecule has 0 aliphatic carbocycles. The Hall–Kier alpha value is -5.74. The molecule has 0 fully saturated rings. The van der Waals surface area contributed by atoms with Crippen LogP contribution in [0, 0.1) is 0 Å². The van der Waals surface area contributed by atoms with E-state index >= 15 is 0 Å². The van der Waals surface area contributed by atoms with Crippen molar-refractivity contribution in [1.29, 1.82) is 0 Å². The highest BCUT2D eigenvalue weighted by Crippen LogP contribution is 2.38.